The summed E-state index contributed by atoms with van der Waals surface area (Å²) < 4.78 is 20.1. The molecular formula is C20H23FN2O4S. The van der Waals surface area contributed by atoms with Crippen LogP contribution >= 0.6 is 11.8 Å². The van der Waals surface area contributed by atoms with Gasteiger partial charge in [0.2, 0.25) is 0 Å². The van der Waals surface area contributed by atoms with E-state index in [2.05, 4.69) is 0 Å². The number of carbonyl (C=O) groups excluding carboxylic acids is 1. The third kappa shape index (κ3) is 4.11. The Morgan fingerprint density at radius 3 is 2.75 bits per heavy atom. The van der Waals surface area contributed by atoms with Gasteiger partial charge in [0.15, 0.2) is 0 Å². The maximum absolute atomic E-state index is 14.7. The zero-order valence-electron chi connectivity index (χ0n) is 16.4. The number of allylic oxidation sites excluding steroid dienone is 1. The van der Waals surface area contributed by atoms with Crippen molar-refractivity contribution in [2.24, 2.45) is 4.99 Å². The van der Waals surface area contributed by atoms with Crippen molar-refractivity contribution in [3.63, 3.8) is 0 Å². The standard InChI is InChI=1S/C20H23FN2O4S/c1-19(2,3)27-18(24)11-17-22-20(4,13-6-5-7-16(13)28-17)14-10-12(23(25)26)8-9-15(14)21/h8-10H,5-7,11H2,1-4H3. The fourth-order valence-corrected chi connectivity index (χ4v) is 5.00. The number of nitro groups is 1. The van der Waals surface area contributed by atoms with Gasteiger partial charge in [-0.2, -0.15) is 0 Å². The predicted molar refractivity (Wildman–Crippen MR) is 107 cm³/mol. The number of thioether (sulfide) groups is 1. The van der Waals surface area contributed by atoms with Gasteiger partial charge in [-0.1, -0.05) is 11.8 Å². The first-order valence-corrected chi connectivity index (χ1v) is 9.96. The molecule has 0 saturated heterocycles. The number of ether oxygens (including phenoxy) is 1. The highest BCUT2D eigenvalue weighted by molar-refractivity contribution is 8.17. The molecule has 0 bridgehead atoms. The van der Waals surface area contributed by atoms with Gasteiger partial charge in [0.05, 0.1) is 16.4 Å². The first-order chi connectivity index (χ1) is 13.0. The summed E-state index contributed by atoms with van der Waals surface area (Å²) in [5, 5.41) is 11.7. The van der Waals surface area contributed by atoms with Crippen LogP contribution in [-0.4, -0.2) is 21.5 Å². The molecule has 8 heteroatoms. The molecule has 3 rings (SSSR count). The van der Waals surface area contributed by atoms with Gasteiger partial charge in [-0.25, -0.2) is 4.39 Å². The van der Waals surface area contributed by atoms with Crippen LogP contribution in [0.4, 0.5) is 10.1 Å². The monoisotopic (exact) mass is 406 g/mol. The zero-order valence-corrected chi connectivity index (χ0v) is 17.2. The Labute approximate surface area is 167 Å². The minimum Gasteiger partial charge on any atom is -0.460 e. The van der Waals surface area contributed by atoms with Gasteiger partial charge >= 0.3 is 5.97 Å². The third-order valence-corrected chi connectivity index (χ3v) is 5.91. The van der Waals surface area contributed by atoms with Crippen molar-refractivity contribution >= 4 is 28.5 Å². The van der Waals surface area contributed by atoms with Gasteiger partial charge in [0.25, 0.3) is 5.69 Å². The van der Waals surface area contributed by atoms with Crippen molar-refractivity contribution in [3.05, 3.63) is 50.2 Å². The second-order valence-corrected chi connectivity index (χ2v) is 9.29. The molecule has 1 heterocycles. The molecule has 1 atom stereocenters. The lowest BCUT2D eigenvalue weighted by atomic mass is 9.83. The Kier molecular flexibility index (Phi) is 5.36. The van der Waals surface area contributed by atoms with Crippen molar-refractivity contribution in [1.29, 1.82) is 0 Å². The summed E-state index contributed by atoms with van der Waals surface area (Å²) in [6.07, 6.45) is 2.49. The average Bonchev–Trinajstić information content (AvgIpc) is 3.02. The quantitative estimate of drug-likeness (QED) is 0.387. The SMILES string of the molecule is CC(C)(C)OC(=O)CC1=NC(C)(c2cc([N+](=O)[O-])ccc2F)C2=C(CCC2)S1. The van der Waals surface area contributed by atoms with Crippen LogP contribution in [0, 0.1) is 15.9 Å². The van der Waals surface area contributed by atoms with E-state index in [-0.39, 0.29) is 17.7 Å². The Morgan fingerprint density at radius 1 is 1.39 bits per heavy atom. The van der Waals surface area contributed by atoms with Gasteiger partial charge in [-0.15, -0.1) is 0 Å². The summed E-state index contributed by atoms with van der Waals surface area (Å²) in [4.78, 5) is 28.7. The number of non-ortho nitro benzene ring substituents is 1. The minimum absolute atomic E-state index is 0.00907. The molecule has 1 aliphatic carbocycles. The molecule has 0 aromatic heterocycles. The molecule has 0 spiro atoms. The number of esters is 1. The van der Waals surface area contributed by atoms with Crippen molar-refractivity contribution in [2.75, 3.05) is 0 Å². The molecule has 1 aliphatic heterocycles. The van der Waals surface area contributed by atoms with Gasteiger partial charge < -0.3 is 4.74 Å². The first-order valence-electron chi connectivity index (χ1n) is 9.15. The van der Waals surface area contributed by atoms with E-state index in [0.717, 1.165) is 41.9 Å². The van der Waals surface area contributed by atoms with Crippen LogP contribution in [0.1, 0.15) is 58.9 Å². The second kappa shape index (κ2) is 7.31. The number of rotatable bonds is 4. The third-order valence-electron chi connectivity index (χ3n) is 4.74. The zero-order chi connectivity index (χ0) is 20.7. The number of carbonyl (C=O) groups is 1. The van der Waals surface area contributed by atoms with Gasteiger partial charge in [0, 0.05) is 17.7 Å². The number of nitrogens with zero attached hydrogens (tertiary/aromatic N) is 2. The highest BCUT2D eigenvalue weighted by Gasteiger charge is 2.41. The molecule has 0 amide bonds. The molecule has 1 aromatic carbocycles. The van der Waals surface area contributed by atoms with Crippen LogP contribution in [0.15, 0.2) is 33.7 Å². The summed E-state index contributed by atoms with van der Waals surface area (Å²) in [7, 11) is 0. The molecule has 28 heavy (non-hydrogen) atoms. The van der Waals surface area contributed by atoms with E-state index < -0.39 is 27.8 Å². The summed E-state index contributed by atoms with van der Waals surface area (Å²) in [5.74, 6) is -0.943. The van der Waals surface area contributed by atoms with Crippen LogP contribution in [0.25, 0.3) is 0 Å². The van der Waals surface area contributed by atoms with E-state index >= 15 is 0 Å². The predicted octanol–water partition coefficient (Wildman–Crippen LogP) is 5.26. The number of nitro benzene ring substituents is 1. The summed E-state index contributed by atoms with van der Waals surface area (Å²) >= 11 is 1.44. The van der Waals surface area contributed by atoms with E-state index in [1.807, 2.05) is 0 Å². The highest BCUT2D eigenvalue weighted by atomic mass is 32.2. The molecule has 0 saturated carbocycles. The van der Waals surface area contributed by atoms with E-state index in [1.165, 1.54) is 17.8 Å². The fraction of sp³-hybridized carbons (Fsp3) is 0.500. The van der Waals surface area contributed by atoms with Crippen molar-refractivity contribution < 1.29 is 18.8 Å². The molecular weight excluding hydrogens is 383 g/mol. The van der Waals surface area contributed by atoms with E-state index in [0.29, 0.717) is 5.04 Å². The molecule has 0 fully saturated rings. The van der Waals surface area contributed by atoms with Crippen LogP contribution in [-0.2, 0) is 15.1 Å². The van der Waals surface area contributed by atoms with Crippen LogP contribution in [0.3, 0.4) is 0 Å². The molecule has 6 nitrogen and oxygen atoms in total. The van der Waals surface area contributed by atoms with Crippen molar-refractivity contribution in [2.45, 2.75) is 64.5 Å². The molecule has 0 N–H and O–H groups in total. The molecule has 1 aromatic rings. The number of hydrogen-bond donors (Lipinski definition) is 0. The number of aliphatic imine (C=N–C) groups is 1. The van der Waals surface area contributed by atoms with Crippen molar-refractivity contribution in [3.8, 4) is 0 Å². The maximum atomic E-state index is 14.7. The van der Waals surface area contributed by atoms with Crippen molar-refractivity contribution in [1.82, 2.24) is 0 Å². The van der Waals surface area contributed by atoms with E-state index in [1.54, 1.807) is 27.7 Å². The topological polar surface area (TPSA) is 81.8 Å². The number of halogens is 1. The lowest BCUT2D eigenvalue weighted by molar-refractivity contribution is -0.385. The van der Waals surface area contributed by atoms with E-state index in [9.17, 15) is 19.3 Å². The molecule has 2 aliphatic rings. The Balaban J connectivity index is 2.02. The summed E-state index contributed by atoms with van der Waals surface area (Å²) in [6, 6.07) is 3.51. The highest BCUT2D eigenvalue weighted by Crippen LogP contribution is 2.51. The molecule has 150 valence electrons. The number of benzene rings is 1. The summed E-state index contributed by atoms with van der Waals surface area (Å²) in [5.41, 5.74) is -0.711. The largest absolute Gasteiger partial charge is 0.460 e. The maximum Gasteiger partial charge on any atom is 0.312 e. The normalized spacial score (nSPS) is 22.0. The lowest BCUT2D eigenvalue weighted by Crippen LogP contribution is -2.30. The molecule has 0 radical (unpaired) electrons. The average molecular weight is 406 g/mol. The Bertz CT molecular complexity index is 904. The Morgan fingerprint density at radius 2 is 2.11 bits per heavy atom. The van der Waals surface area contributed by atoms with Crippen LogP contribution in [0.5, 0.6) is 0 Å². The first kappa shape index (κ1) is 20.5. The lowest BCUT2D eigenvalue weighted by Gasteiger charge is -2.33. The summed E-state index contributed by atoms with van der Waals surface area (Å²) in [6.45, 7) is 7.15. The minimum atomic E-state index is -1.06. The van der Waals surface area contributed by atoms with Crippen LogP contribution in [0.2, 0.25) is 0 Å². The van der Waals surface area contributed by atoms with Gasteiger partial charge in [-0.05, 0) is 63.5 Å². The molecule has 1 unspecified atom stereocenters. The number of hydrogen-bond acceptors (Lipinski definition) is 6. The van der Waals surface area contributed by atoms with E-state index in [4.69, 9.17) is 9.73 Å². The Hall–Kier alpha value is -2.22. The smallest absolute Gasteiger partial charge is 0.312 e. The van der Waals surface area contributed by atoms with Crippen LogP contribution < -0.4 is 0 Å². The fourth-order valence-electron chi connectivity index (χ4n) is 3.62. The second-order valence-electron chi connectivity index (χ2n) is 8.12. The van der Waals surface area contributed by atoms with Gasteiger partial charge in [-0.3, -0.25) is 19.9 Å². The van der Waals surface area contributed by atoms with Gasteiger partial charge in [0.1, 0.15) is 17.0 Å².